The number of carbonyl (C=O) groups is 2. The maximum atomic E-state index is 13.4. The summed E-state index contributed by atoms with van der Waals surface area (Å²) in [6, 6.07) is 18.4. The Balaban J connectivity index is 1.36. The van der Waals surface area contributed by atoms with Gasteiger partial charge < -0.3 is 15.1 Å². The Morgan fingerprint density at radius 3 is 2.33 bits per heavy atom. The molecular weight excluding hydrogens is 522 g/mol. The number of benzene rings is 2. The molecule has 42 heavy (non-hydrogen) atoms. The van der Waals surface area contributed by atoms with E-state index in [1.807, 2.05) is 35.4 Å². The second-order valence-corrected chi connectivity index (χ2v) is 11.8. The highest BCUT2D eigenvalue weighted by molar-refractivity contribution is 5.97. The second-order valence-electron chi connectivity index (χ2n) is 11.8. The van der Waals surface area contributed by atoms with Gasteiger partial charge in [-0.25, -0.2) is 0 Å². The van der Waals surface area contributed by atoms with Gasteiger partial charge in [0.05, 0.1) is 0 Å². The molecule has 222 valence electrons. The molecule has 0 radical (unpaired) electrons. The van der Waals surface area contributed by atoms with E-state index in [1.165, 1.54) is 37.8 Å². The van der Waals surface area contributed by atoms with E-state index in [4.69, 9.17) is 0 Å². The molecule has 1 saturated heterocycles. The van der Waals surface area contributed by atoms with Crippen LogP contribution in [0.25, 0.3) is 0 Å². The van der Waals surface area contributed by atoms with Gasteiger partial charge >= 0.3 is 0 Å². The van der Waals surface area contributed by atoms with Crippen molar-refractivity contribution in [3.05, 3.63) is 89.2 Å². The maximum absolute atomic E-state index is 13.4. The molecule has 3 heterocycles. The van der Waals surface area contributed by atoms with Crippen LogP contribution in [0.1, 0.15) is 85.3 Å². The molecule has 3 aromatic rings. The lowest BCUT2D eigenvalue weighted by Gasteiger charge is -2.29. The number of pyridine rings is 1. The normalized spacial score (nSPS) is 17.1. The van der Waals surface area contributed by atoms with Crippen molar-refractivity contribution < 1.29 is 9.59 Å². The smallest absolute Gasteiger partial charge is 0.251 e. The first-order valence-corrected chi connectivity index (χ1v) is 15.7. The van der Waals surface area contributed by atoms with Crippen LogP contribution in [-0.4, -0.2) is 47.9 Å². The monoisotopic (exact) mass is 567 g/mol. The highest BCUT2D eigenvalue weighted by Crippen LogP contribution is 2.27. The summed E-state index contributed by atoms with van der Waals surface area (Å²) >= 11 is 0. The van der Waals surface area contributed by atoms with Gasteiger partial charge in [0, 0.05) is 75.5 Å². The Hall–Kier alpha value is -3.71. The van der Waals surface area contributed by atoms with E-state index in [-0.39, 0.29) is 11.8 Å². The van der Waals surface area contributed by atoms with Crippen molar-refractivity contribution in [3.8, 4) is 0 Å². The minimum absolute atomic E-state index is 0.0397. The fraction of sp³-hybridized carbons (Fsp3) is 0.457. The zero-order valence-corrected chi connectivity index (χ0v) is 25.1. The molecule has 7 nitrogen and oxygen atoms in total. The van der Waals surface area contributed by atoms with Crippen LogP contribution in [0.3, 0.4) is 0 Å². The summed E-state index contributed by atoms with van der Waals surface area (Å²) in [6.07, 6.45) is 13.1. The third-order valence-electron chi connectivity index (χ3n) is 8.48. The van der Waals surface area contributed by atoms with Crippen molar-refractivity contribution in [1.82, 2.24) is 15.2 Å². The fourth-order valence-corrected chi connectivity index (χ4v) is 6.20. The predicted octanol–water partition coefficient (Wildman–Crippen LogP) is 6.32. The molecule has 2 aromatic carbocycles. The Kier molecular flexibility index (Phi) is 10.6. The van der Waals surface area contributed by atoms with Gasteiger partial charge in [-0.05, 0) is 91.7 Å². The van der Waals surface area contributed by atoms with E-state index in [0.717, 1.165) is 67.8 Å². The zero-order valence-electron chi connectivity index (χ0n) is 25.1. The molecular formula is C35H45N5O2. The number of piperidine rings is 1. The molecule has 5 rings (SSSR count). The van der Waals surface area contributed by atoms with Crippen LogP contribution >= 0.6 is 0 Å². The SMILES string of the molecule is CC(=O)N1CCCCCCCN(Cc2cccnc2)Cc2cc(C(=O)NCc3cccc(N4CCCCC4)c3)ccc21. The van der Waals surface area contributed by atoms with Gasteiger partial charge in [0.2, 0.25) is 5.91 Å². The lowest BCUT2D eigenvalue weighted by molar-refractivity contribution is -0.116. The van der Waals surface area contributed by atoms with Crippen molar-refractivity contribution >= 4 is 23.2 Å². The molecule has 0 unspecified atom stereocenters. The van der Waals surface area contributed by atoms with Crippen molar-refractivity contribution in [2.75, 3.05) is 36.0 Å². The lowest BCUT2D eigenvalue weighted by atomic mass is 10.0. The third kappa shape index (κ3) is 8.19. The van der Waals surface area contributed by atoms with Gasteiger partial charge in [-0.3, -0.25) is 19.5 Å². The van der Waals surface area contributed by atoms with Crippen LogP contribution in [0.15, 0.2) is 67.0 Å². The molecule has 2 aliphatic rings. The molecule has 1 fully saturated rings. The van der Waals surface area contributed by atoms with Crippen LogP contribution in [-0.2, 0) is 24.4 Å². The summed E-state index contributed by atoms with van der Waals surface area (Å²) in [5, 5.41) is 3.15. The summed E-state index contributed by atoms with van der Waals surface area (Å²) in [4.78, 5) is 37.3. The summed E-state index contributed by atoms with van der Waals surface area (Å²) in [7, 11) is 0. The van der Waals surface area contributed by atoms with Gasteiger partial charge in [-0.15, -0.1) is 0 Å². The minimum Gasteiger partial charge on any atom is -0.372 e. The molecule has 0 saturated carbocycles. The van der Waals surface area contributed by atoms with E-state index < -0.39 is 0 Å². The van der Waals surface area contributed by atoms with Crippen molar-refractivity contribution in [1.29, 1.82) is 0 Å². The van der Waals surface area contributed by atoms with Crippen molar-refractivity contribution in [2.45, 2.75) is 77.9 Å². The van der Waals surface area contributed by atoms with Gasteiger partial charge in [-0.1, -0.05) is 37.5 Å². The fourth-order valence-electron chi connectivity index (χ4n) is 6.20. The number of anilines is 2. The number of nitrogens with one attached hydrogen (secondary N) is 1. The van der Waals surface area contributed by atoms with E-state index in [2.05, 4.69) is 50.4 Å². The average Bonchev–Trinajstić information content (AvgIpc) is 3.01. The Morgan fingerprint density at radius 2 is 1.55 bits per heavy atom. The highest BCUT2D eigenvalue weighted by Gasteiger charge is 2.20. The summed E-state index contributed by atoms with van der Waals surface area (Å²) < 4.78 is 0. The van der Waals surface area contributed by atoms with Gasteiger partial charge in [0.1, 0.15) is 0 Å². The van der Waals surface area contributed by atoms with Crippen LogP contribution in [0, 0.1) is 0 Å². The van der Waals surface area contributed by atoms with E-state index in [1.54, 1.807) is 13.1 Å². The Labute approximate surface area is 250 Å². The molecule has 0 aliphatic carbocycles. The zero-order chi connectivity index (χ0) is 29.1. The molecule has 1 N–H and O–H groups in total. The molecule has 2 amide bonds. The number of fused-ring (bicyclic) bond motifs is 1. The number of nitrogens with zero attached hydrogens (tertiary/aromatic N) is 4. The molecule has 0 atom stereocenters. The Bertz CT molecular complexity index is 1320. The molecule has 0 spiro atoms. The maximum Gasteiger partial charge on any atom is 0.251 e. The topological polar surface area (TPSA) is 68.8 Å². The number of carbonyl (C=O) groups excluding carboxylic acids is 2. The minimum atomic E-state index is -0.0968. The molecule has 0 bridgehead atoms. The standard InChI is InChI=1S/C35H45N5O2/c1-28(41)40-21-9-4-2-3-6-18-38(26-30-13-11-17-36-24-30)27-32-23-31(15-16-34(32)40)35(42)37-25-29-12-10-14-33(22-29)39-19-7-5-8-20-39/h10-17,22-24H,2-9,18-21,25-27H2,1H3,(H,37,42). The van der Waals surface area contributed by atoms with Crippen LogP contribution in [0.5, 0.6) is 0 Å². The molecule has 2 aliphatic heterocycles. The van der Waals surface area contributed by atoms with Crippen molar-refractivity contribution in [3.63, 3.8) is 0 Å². The number of rotatable bonds is 6. The number of aromatic nitrogens is 1. The largest absolute Gasteiger partial charge is 0.372 e. The van der Waals surface area contributed by atoms with Crippen LogP contribution < -0.4 is 15.1 Å². The quantitative estimate of drug-likeness (QED) is 0.378. The first kappa shape index (κ1) is 29.8. The first-order valence-electron chi connectivity index (χ1n) is 15.7. The summed E-state index contributed by atoms with van der Waals surface area (Å²) in [5.41, 5.74) is 6.04. The predicted molar refractivity (Wildman–Crippen MR) is 170 cm³/mol. The van der Waals surface area contributed by atoms with E-state index >= 15 is 0 Å². The van der Waals surface area contributed by atoms with E-state index in [0.29, 0.717) is 25.2 Å². The third-order valence-corrected chi connectivity index (χ3v) is 8.48. The first-order chi connectivity index (χ1) is 20.6. The van der Waals surface area contributed by atoms with Crippen LogP contribution in [0.4, 0.5) is 11.4 Å². The molecule has 1 aromatic heterocycles. The second kappa shape index (κ2) is 15.0. The molecule has 7 heteroatoms. The highest BCUT2D eigenvalue weighted by atomic mass is 16.2. The van der Waals surface area contributed by atoms with E-state index in [9.17, 15) is 9.59 Å². The summed E-state index contributed by atoms with van der Waals surface area (Å²) in [5.74, 6) is -0.0571. The van der Waals surface area contributed by atoms with Crippen LogP contribution in [0.2, 0.25) is 0 Å². The van der Waals surface area contributed by atoms with Gasteiger partial charge in [0.15, 0.2) is 0 Å². The number of hydrogen-bond acceptors (Lipinski definition) is 5. The Morgan fingerprint density at radius 1 is 0.810 bits per heavy atom. The average molecular weight is 568 g/mol. The van der Waals surface area contributed by atoms with Gasteiger partial charge in [-0.2, -0.15) is 0 Å². The lowest BCUT2D eigenvalue weighted by Crippen LogP contribution is -2.33. The summed E-state index contributed by atoms with van der Waals surface area (Å²) in [6.45, 7) is 7.40. The van der Waals surface area contributed by atoms with Gasteiger partial charge in [0.25, 0.3) is 5.91 Å². The van der Waals surface area contributed by atoms with Crippen molar-refractivity contribution in [2.24, 2.45) is 0 Å². The number of hydrogen-bond donors (Lipinski definition) is 1. The number of amides is 2.